The van der Waals surface area contributed by atoms with Crippen molar-refractivity contribution >= 4 is 5.78 Å². The van der Waals surface area contributed by atoms with E-state index in [9.17, 15) is 4.79 Å². The molecule has 0 aromatic carbocycles. The van der Waals surface area contributed by atoms with Crippen molar-refractivity contribution in [3.8, 4) is 0 Å². The van der Waals surface area contributed by atoms with Gasteiger partial charge in [0.05, 0.1) is 0 Å². The van der Waals surface area contributed by atoms with Gasteiger partial charge in [0.25, 0.3) is 0 Å². The minimum Gasteiger partial charge on any atom is -0.299 e. The fourth-order valence-electron chi connectivity index (χ4n) is 3.77. The van der Waals surface area contributed by atoms with Crippen LogP contribution in [0.15, 0.2) is 0 Å². The zero-order valence-corrected chi connectivity index (χ0v) is 13.3. The predicted octanol–water partition coefficient (Wildman–Crippen LogP) is 5.09. The summed E-state index contributed by atoms with van der Waals surface area (Å²) in [6.07, 6.45) is 6.08. The average Bonchev–Trinajstić information content (AvgIpc) is 2.28. The first kappa shape index (κ1) is 15.7. The summed E-state index contributed by atoms with van der Waals surface area (Å²) < 4.78 is 0. The number of hydrogen-bond acceptors (Lipinski definition) is 1. The molecule has 1 saturated carbocycles. The second kappa shape index (κ2) is 6.21. The third-order valence-electron chi connectivity index (χ3n) is 4.82. The molecule has 0 aliphatic heterocycles. The van der Waals surface area contributed by atoms with Gasteiger partial charge in [-0.2, -0.15) is 0 Å². The Kier molecular flexibility index (Phi) is 5.43. The van der Waals surface area contributed by atoms with Gasteiger partial charge in [-0.3, -0.25) is 4.79 Å². The fraction of sp³-hybridized carbons (Fsp3) is 0.941. The van der Waals surface area contributed by atoms with Crippen LogP contribution < -0.4 is 0 Å². The van der Waals surface area contributed by atoms with Crippen LogP contribution in [0.5, 0.6) is 0 Å². The highest BCUT2D eigenvalue weighted by Crippen LogP contribution is 2.40. The summed E-state index contributed by atoms with van der Waals surface area (Å²) >= 11 is 0. The second-order valence-electron chi connectivity index (χ2n) is 7.54. The Bertz CT molecular complexity index is 264. The standard InChI is InChI=1S/C17H32O/c1-7-15(12(2)3)13-8-10-14(11-9-13)16(18)17(4,5)6/h12-15H,7-11H2,1-6H3. The van der Waals surface area contributed by atoms with Crippen molar-refractivity contribution < 1.29 is 4.79 Å². The SMILES string of the molecule is CCC(C(C)C)C1CCC(C(=O)C(C)(C)C)CC1. The van der Waals surface area contributed by atoms with E-state index in [1.165, 1.54) is 19.3 Å². The lowest BCUT2D eigenvalue weighted by Crippen LogP contribution is -2.33. The lowest BCUT2D eigenvalue weighted by Gasteiger charge is -2.36. The van der Waals surface area contributed by atoms with Crippen molar-refractivity contribution in [2.75, 3.05) is 0 Å². The van der Waals surface area contributed by atoms with Gasteiger partial charge in [0.2, 0.25) is 0 Å². The van der Waals surface area contributed by atoms with Crippen LogP contribution in [0.25, 0.3) is 0 Å². The van der Waals surface area contributed by atoms with Gasteiger partial charge in [-0.25, -0.2) is 0 Å². The highest BCUT2D eigenvalue weighted by molar-refractivity contribution is 5.85. The molecule has 18 heavy (non-hydrogen) atoms. The van der Waals surface area contributed by atoms with Gasteiger partial charge < -0.3 is 0 Å². The summed E-state index contributed by atoms with van der Waals surface area (Å²) in [7, 11) is 0. The summed E-state index contributed by atoms with van der Waals surface area (Å²) in [4.78, 5) is 12.3. The van der Waals surface area contributed by atoms with Crippen molar-refractivity contribution in [1.29, 1.82) is 0 Å². The molecular weight excluding hydrogens is 220 g/mol. The molecule has 0 N–H and O–H groups in total. The van der Waals surface area contributed by atoms with Crippen LogP contribution in [-0.2, 0) is 4.79 Å². The van der Waals surface area contributed by atoms with Gasteiger partial charge >= 0.3 is 0 Å². The summed E-state index contributed by atoms with van der Waals surface area (Å²) in [6, 6.07) is 0. The van der Waals surface area contributed by atoms with Crippen LogP contribution >= 0.6 is 0 Å². The molecule has 0 aromatic rings. The van der Waals surface area contributed by atoms with Crippen LogP contribution in [0.2, 0.25) is 0 Å². The summed E-state index contributed by atoms with van der Waals surface area (Å²) in [5.74, 6) is 3.33. The zero-order chi connectivity index (χ0) is 13.9. The van der Waals surface area contributed by atoms with Crippen LogP contribution in [0, 0.1) is 29.1 Å². The Morgan fingerprint density at radius 1 is 1.11 bits per heavy atom. The molecule has 0 amide bonds. The van der Waals surface area contributed by atoms with E-state index in [0.717, 1.165) is 30.6 Å². The quantitative estimate of drug-likeness (QED) is 0.681. The van der Waals surface area contributed by atoms with Gasteiger partial charge in [0.15, 0.2) is 0 Å². The molecule has 0 bridgehead atoms. The van der Waals surface area contributed by atoms with E-state index in [4.69, 9.17) is 0 Å². The molecule has 106 valence electrons. The highest BCUT2D eigenvalue weighted by atomic mass is 16.1. The van der Waals surface area contributed by atoms with Crippen LogP contribution in [-0.4, -0.2) is 5.78 Å². The summed E-state index contributed by atoms with van der Waals surface area (Å²) in [5.41, 5.74) is -0.153. The van der Waals surface area contributed by atoms with Gasteiger partial charge in [-0.15, -0.1) is 0 Å². The van der Waals surface area contributed by atoms with Gasteiger partial charge in [-0.1, -0.05) is 48.0 Å². The largest absolute Gasteiger partial charge is 0.299 e. The molecule has 1 rings (SSSR count). The number of rotatable bonds is 4. The zero-order valence-electron chi connectivity index (χ0n) is 13.3. The van der Waals surface area contributed by atoms with Crippen LogP contribution in [0.4, 0.5) is 0 Å². The summed E-state index contributed by atoms with van der Waals surface area (Å²) in [6.45, 7) is 13.2. The molecule has 1 heteroatoms. The van der Waals surface area contributed by atoms with E-state index >= 15 is 0 Å². The van der Waals surface area contributed by atoms with E-state index in [2.05, 4.69) is 41.5 Å². The molecular formula is C17H32O. The van der Waals surface area contributed by atoms with Crippen molar-refractivity contribution in [1.82, 2.24) is 0 Å². The number of Topliss-reactive ketones (excluding diaryl/α,β-unsaturated/α-hetero) is 1. The molecule has 0 spiro atoms. The van der Waals surface area contributed by atoms with Crippen molar-refractivity contribution in [2.24, 2.45) is 29.1 Å². The number of carbonyl (C=O) groups excluding carboxylic acids is 1. The minimum absolute atomic E-state index is 0.153. The average molecular weight is 252 g/mol. The molecule has 0 heterocycles. The first-order chi connectivity index (χ1) is 8.27. The molecule has 0 saturated heterocycles. The van der Waals surface area contributed by atoms with Crippen molar-refractivity contribution in [3.63, 3.8) is 0 Å². The van der Waals surface area contributed by atoms with Crippen molar-refractivity contribution in [3.05, 3.63) is 0 Å². The number of hydrogen-bond donors (Lipinski definition) is 0. The Hall–Kier alpha value is -0.330. The predicted molar refractivity (Wildman–Crippen MR) is 78.5 cm³/mol. The Labute approximate surface area is 114 Å². The molecule has 1 aliphatic carbocycles. The highest BCUT2D eigenvalue weighted by Gasteiger charge is 2.34. The Morgan fingerprint density at radius 2 is 1.61 bits per heavy atom. The minimum atomic E-state index is -0.153. The van der Waals surface area contributed by atoms with E-state index in [1.807, 2.05) is 0 Å². The van der Waals surface area contributed by atoms with Crippen LogP contribution in [0.1, 0.15) is 73.6 Å². The third kappa shape index (κ3) is 3.83. The van der Waals surface area contributed by atoms with E-state index in [1.54, 1.807) is 0 Å². The molecule has 1 atom stereocenters. The number of ketones is 1. The smallest absolute Gasteiger partial charge is 0.141 e. The lowest BCUT2D eigenvalue weighted by molar-refractivity contribution is -0.131. The molecule has 0 radical (unpaired) electrons. The number of carbonyl (C=O) groups is 1. The lowest BCUT2D eigenvalue weighted by atomic mass is 9.68. The Morgan fingerprint density at radius 3 is 1.94 bits per heavy atom. The van der Waals surface area contributed by atoms with Gasteiger partial charge in [0.1, 0.15) is 5.78 Å². The molecule has 1 nitrogen and oxygen atoms in total. The maximum atomic E-state index is 12.3. The maximum Gasteiger partial charge on any atom is 0.141 e. The van der Waals surface area contributed by atoms with Gasteiger partial charge in [-0.05, 0) is 43.4 Å². The van der Waals surface area contributed by atoms with E-state index < -0.39 is 0 Å². The molecule has 1 aliphatic rings. The first-order valence-corrected chi connectivity index (χ1v) is 7.81. The van der Waals surface area contributed by atoms with Crippen molar-refractivity contribution in [2.45, 2.75) is 73.6 Å². The monoisotopic (exact) mass is 252 g/mol. The second-order valence-corrected chi connectivity index (χ2v) is 7.54. The summed E-state index contributed by atoms with van der Waals surface area (Å²) in [5, 5.41) is 0. The maximum absolute atomic E-state index is 12.3. The van der Waals surface area contributed by atoms with Gasteiger partial charge in [0, 0.05) is 11.3 Å². The molecule has 1 fully saturated rings. The molecule has 1 unspecified atom stereocenters. The molecule has 0 aromatic heterocycles. The van der Waals surface area contributed by atoms with Crippen LogP contribution in [0.3, 0.4) is 0 Å². The fourth-order valence-corrected chi connectivity index (χ4v) is 3.77. The topological polar surface area (TPSA) is 17.1 Å². The normalized spacial score (nSPS) is 27.3. The third-order valence-corrected chi connectivity index (χ3v) is 4.82. The Balaban J connectivity index is 2.53. The van der Waals surface area contributed by atoms with E-state index in [0.29, 0.717) is 11.7 Å². The van der Waals surface area contributed by atoms with E-state index in [-0.39, 0.29) is 5.41 Å². The first-order valence-electron chi connectivity index (χ1n) is 7.81.